The molecule has 0 aromatic rings. The minimum Gasteiger partial charge on any atom is -0.463 e. The SMILES string of the molecule is CC/C=C\C/C=C\C/C=C\C/C=C\C/C=C\C/C=C\CCCCCCCCCCCCC(=O)OCC(COP(=O)(O)OCC(O)COP(=O)(O)OCC(O)COC(=O)CCCCCCCCCCCCCCCCC/C=C\C/C=C\C/C=C\C/C=C\CCCCC)OC(=O)CC/C=C\C/C=C\C/C=C\C/C=C\C/C=C\C/C=C\CC. The molecule has 0 heterocycles. The largest absolute Gasteiger partial charge is 0.472 e. The van der Waals surface area contributed by atoms with Crippen LogP contribution >= 0.6 is 15.6 Å². The number of ether oxygens (including phenoxy) is 3. The molecule has 0 aliphatic rings. The highest BCUT2D eigenvalue weighted by molar-refractivity contribution is 7.47. The van der Waals surface area contributed by atoms with Crippen LogP contribution in [0.1, 0.15) is 342 Å². The topological polar surface area (TPSA) is 231 Å². The lowest BCUT2D eigenvalue weighted by Crippen LogP contribution is -2.29. The molecule has 0 saturated heterocycles. The Morgan fingerprint density at radius 1 is 0.252 bits per heavy atom. The van der Waals surface area contributed by atoms with Gasteiger partial charge in [-0.15, -0.1) is 0 Å². The number of unbranched alkanes of at least 4 members (excludes halogenated alkanes) is 28. The van der Waals surface area contributed by atoms with Gasteiger partial charge in [0.15, 0.2) is 6.10 Å². The van der Waals surface area contributed by atoms with E-state index >= 15 is 0 Å². The van der Waals surface area contributed by atoms with E-state index in [0.29, 0.717) is 25.7 Å². The van der Waals surface area contributed by atoms with E-state index in [9.17, 15) is 43.5 Å². The van der Waals surface area contributed by atoms with Gasteiger partial charge in [-0.1, -0.05) is 363 Å². The molecule has 0 aromatic heterocycles. The summed E-state index contributed by atoms with van der Waals surface area (Å²) in [6, 6.07) is 0. The van der Waals surface area contributed by atoms with Crippen LogP contribution in [0, 0.1) is 0 Å². The van der Waals surface area contributed by atoms with Crippen LogP contribution in [0.25, 0.3) is 0 Å². The molecule has 5 unspecified atom stereocenters. The number of phosphoric acid groups is 2. The number of rotatable bonds is 83. The third kappa shape index (κ3) is 89.0. The number of carbonyl (C=O) groups excluding carboxylic acids is 3. The van der Waals surface area contributed by atoms with E-state index in [-0.39, 0.29) is 19.3 Å². The Kier molecular flexibility index (Phi) is 83.4. The van der Waals surface area contributed by atoms with E-state index < -0.39 is 91.5 Å². The minimum absolute atomic E-state index is 0.0283. The summed E-state index contributed by atoms with van der Waals surface area (Å²) in [5.74, 6) is -1.68. The van der Waals surface area contributed by atoms with Crippen LogP contribution in [-0.4, -0.2) is 95.9 Å². The van der Waals surface area contributed by atoms with Gasteiger partial charge in [0.2, 0.25) is 0 Å². The average Bonchev–Trinajstić information content (AvgIpc) is 0.894. The summed E-state index contributed by atoms with van der Waals surface area (Å²) in [5.41, 5.74) is 0. The van der Waals surface area contributed by atoms with Crippen LogP contribution in [-0.2, 0) is 55.8 Å². The Labute approximate surface area is 699 Å². The fraction of sp³-hybridized carbons (Fsp3) is 0.639. The molecule has 0 saturated carbocycles. The normalized spacial score (nSPS) is 14.7. The summed E-state index contributed by atoms with van der Waals surface area (Å²) < 4.78 is 61.3. The maximum Gasteiger partial charge on any atom is 0.472 e. The van der Waals surface area contributed by atoms with Gasteiger partial charge in [0.1, 0.15) is 25.4 Å². The second-order valence-electron chi connectivity index (χ2n) is 29.3. The number of aliphatic hydroxyl groups is 2. The van der Waals surface area contributed by atoms with Crippen molar-refractivity contribution in [2.24, 2.45) is 0 Å². The number of aliphatic hydroxyl groups excluding tert-OH is 2. The first-order valence-corrected chi connectivity index (χ1v) is 47.7. The number of phosphoric ester groups is 2. The van der Waals surface area contributed by atoms with Crippen LogP contribution in [0.2, 0.25) is 0 Å². The monoisotopic (exact) mass is 1640 g/mol. The Hall–Kier alpha value is -5.61. The molecule has 16 nitrogen and oxygen atoms in total. The maximum absolute atomic E-state index is 13.0. The quantitative estimate of drug-likeness (QED) is 0.0146. The number of allylic oxidation sites excluding steroid dienone is 32. The smallest absolute Gasteiger partial charge is 0.463 e. The second kappa shape index (κ2) is 87.7. The first-order chi connectivity index (χ1) is 56.2. The number of esters is 3. The molecule has 654 valence electrons. The van der Waals surface area contributed by atoms with Crippen molar-refractivity contribution >= 4 is 33.6 Å². The molecule has 0 aliphatic carbocycles. The van der Waals surface area contributed by atoms with Crippen molar-refractivity contribution in [3.8, 4) is 0 Å². The first kappa shape index (κ1) is 109. The number of hydrogen-bond donors (Lipinski definition) is 4. The van der Waals surface area contributed by atoms with Gasteiger partial charge in [-0.2, -0.15) is 0 Å². The summed E-state index contributed by atoms with van der Waals surface area (Å²) in [7, 11) is -9.84. The van der Waals surface area contributed by atoms with Crippen molar-refractivity contribution < 1.29 is 75.8 Å². The van der Waals surface area contributed by atoms with Crippen LogP contribution < -0.4 is 0 Å². The number of hydrogen-bond acceptors (Lipinski definition) is 14. The molecule has 0 bridgehead atoms. The molecular formula is C97H160O16P2. The highest BCUT2D eigenvalue weighted by Crippen LogP contribution is 2.45. The van der Waals surface area contributed by atoms with Gasteiger partial charge in [0, 0.05) is 19.3 Å². The van der Waals surface area contributed by atoms with E-state index in [4.69, 9.17) is 32.3 Å². The summed E-state index contributed by atoms with van der Waals surface area (Å²) in [6.07, 6.45) is 116. The fourth-order valence-electron chi connectivity index (χ4n) is 11.6. The van der Waals surface area contributed by atoms with Crippen molar-refractivity contribution in [1.82, 2.24) is 0 Å². The molecule has 115 heavy (non-hydrogen) atoms. The lowest BCUT2D eigenvalue weighted by molar-refractivity contribution is -0.161. The molecule has 0 fully saturated rings. The molecule has 0 spiro atoms. The molecule has 18 heteroatoms. The zero-order valence-electron chi connectivity index (χ0n) is 71.9. The van der Waals surface area contributed by atoms with Gasteiger partial charge in [0.25, 0.3) is 0 Å². The van der Waals surface area contributed by atoms with Crippen molar-refractivity contribution in [1.29, 1.82) is 0 Å². The summed E-state index contributed by atoms with van der Waals surface area (Å²) in [6.45, 7) is 2.34. The fourth-order valence-corrected chi connectivity index (χ4v) is 13.2. The second-order valence-corrected chi connectivity index (χ2v) is 32.2. The Balaban J connectivity index is 4.62. The molecule has 5 atom stereocenters. The van der Waals surface area contributed by atoms with Crippen molar-refractivity contribution in [3.63, 3.8) is 0 Å². The Bertz CT molecular complexity index is 2870. The summed E-state index contributed by atoms with van der Waals surface area (Å²) in [5, 5.41) is 20.7. The molecule has 0 aromatic carbocycles. The summed E-state index contributed by atoms with van der Waals surface area (Å²) in [4.78, 5) is 58.9. The van der Waals surface area contributed by atoms with Gasteiger partial charge >= 0.3 is 33.6 Å². The third-order valence-corrected chi connectivity index (χ3v) is 20.2. The van der Waals surface area contributed by atoms with Crippen molar-refractivity contribution in [2.75, 3.05) is 39.6 Å². The van der Waals surface area contributed by atoms with Gasteiger partial charge in [0.05, 0.1) is 26.4 Å². The van der Waals surface area contributed by atoms with Gasteiger partial charge in [-0.05, 0) is 154 Å². The van der Waals surface area contributed by atoms with E-state index in [1.165, 1.54) is 135 Å². The first-order valence-electron chi connectivity index (χ1n) is 44.7. The van der Waals surface area contributed by atoms with E-state index in [1.807, 2.05) is 18.2 Å². The number of carbonyl (C=O) groups is 3. The molecule has 0 radical (unpaired) electrons. The lowest BCUT2D eigenvalue weighted by Gasteiger charge is -2.21. The van der Waals surface area contributed by atoms with Crippen LogP contribution in [0.3, 0.4) is 0 Å². The van der Waals surface area contributed by atoms with Gasteiger partial charge in [-0.3, -0.25) is 32.5 Å². The minimum atomic E-state index is -4.97. The van der Waals surface area contributed by atoms with E-state index in [2.05, 4.69) is 197 Å². The van der Waals surface area contributed by atoms with Crippen molar-refractivity contribution in [2.45, 2.75) is 360 Å². The van der Waals surface area contributed by atoms with Crippen molar-refractivity contribution in [3.05, 3.63) is 194 Å². The van der Waals surface area contributed by atoms with E-state index in [1.54, 1.807) is 0 Å². The van der Waals surface area contributed by atoms with Crippen LogP contribution in [0.5, 0.6) is 0 Å². The average molecular weight is 1640 g/mol. The third-order valence-electron chi connectivity index (χ3n) is 18.3. The predicted molar refractivity (Wildman–Crippen MR) is 481 cm³/mol. The molecule has 0 aliphatic heterocycles. The van der Waals surface area contributed by atoms with Gasteiger partial charge in [-0.25, -0.2) is 9.13 Å². The zero-order valence-corrected chi connectivity index (χ0v) is 73.7. The lowest BCUT2D eigenvalue weighted by atomic mass is 10.0. The predicted octanol–water partition coefficient (Wildman–Crippen LogP) is 27.4. The molecule has 0 amide bonds. The highest BCUT2D eigenvalue weighted by atomic mass is 31.2. The van der Waals surface area contributed by atoms with Gasteiger partial charge < -0.3 is 34.2 Å². The summed E-state index contributed by atoms with van der Waals surface area (Å²) >= 11 is 0. The highest BCUT2D eigenvalue weighted by Gasteiger charge is 2.29. The standard InChI is InChI=1S/C97H160O16P2/c1-4-7-10-13-16-19-22-25-28-31-34-36-38-40-42-44-45-47-49-50-52-54-57-59-62-65-68-71-74-77-80-83-95(100)107-86-92(98)87-109-114(103,104)110-88-93(99)89-111-115(105,106)112-91-94(113-97(102)85-82-79-76-73-70-67-64-61-56-33-30-27-24-21-18-15-12-9-6-3)90-108-96(101)84-81-78-75-72-69-66-63-60-58-55-53-51-48-46-43-41-39-37-35-32-29-26-23-20-17-14-11-8-5-2/h8-9,11-12,16-21,25-30,34-37,40-43,48,51,56,61,67,70,76,79,92-94,98-99H,4-7,10,13-15,22-24,31-33,38-39,44-47,49-50,52-55,57-60,62-66,68-69,71-75,77-78,80-91H2,1-3H3,(H,103,104)(H,105,106)/b11-8-,12-9-,19-16-,20-17-,21-18-,28-25-,29-26-,30-27-,36-34-,37-35-,42-40-,43-41-,51-48-,61-56-,70-67-,79-76-. The van der Waals surface area contributed by atoms with E-state index in [0.717, 1.165) is 141 Å². The molecule has 4 N–H and O–H groups in total. The Morgan fingerprint density at radius 3 is 0.765 bits per heavy atom. The van der Waals surface area contributed by atoms with Crippen LogP contribution in [0.4, 0.5) is 0 Å². The molecular weight excluding hydrogens is 1480 g/mol. The maximum atomic E-state index is 13.0. The Morgan fingerprint density at radius 2 is 0.478 bits per heavy atom. The zero-order chi connectivity index (χ0) is 83.6. The van der Waals surface area contributed by atoms with Crippen LogP contribution in [0.15, 0.2) is 194 Å². The molecule has 0 rings (SSSR count).